The van der Waals surface area contributed by atoms with Crippen molar-refractivity contribution < 1.29 is 23.9 Å². The van der Waals surface area contributed by atoms with Gasteiger partial charge in [0.2, 0.25) is 5.91 Å². The average molecular weight is 382 g/mol. The van der Waals surface area contributed by atoms with E-state index in [1.54, 1.807) is 6.92 Å². The van der Waals surface area contributed by atoms with Crippen LogP contribution in [0, 0.1) is 10.1 Å². The SMILES string of the molecule is CNC(=O)C(C)(c1cc([N+](=O)[O-])c(N)cc1OCCOC)N1CCOCC1. The van der Waals surface area contributed by atoms with Crippen LogP contribution in [0.15, 0.2) is 12.1 Å². The van der Waals surface area contributed by atoms with Gasteiger partial charge in [-0.3, -0.25) is 19.8 Å². The molecule has 1 unspecified atom stereocenters. The number of nitro benzene ring substituents is 1. The minimum atomic E-state index is -1.20. The van der Waals surface area contributed by atoms with Gasteiger partial charge >= 0.3 is 0 Å². The lowest BCUT2D eigenvalue weighted by Gasteiger charge is -2.42. The Morgan fingerprint density at radius 2 is 2.07 bits per heavy atom. The lowest BCUT2D eigenvalue weighted by Crippen LogP contribution is -2.57. The number of hydrogen-bond donors (Lipinski definition) is 2. The van der Waals surface area contributed by atoms with E-state index < -0.39 is 10.5 Å². The minimum Gasteiger partial charge on any atom is -0.491 e. The number of ether oxygens (including phenoxy) is 3. The molecule has 0 radical (unpaired) electrons. The van der Waals surface area contributed by atoms with E-state index in [-0.39, 0.29) is 23.9 Å². The van der Waals surface area contributed by atoms with Gasteiger partial charge in [0.1, 0.15) is 23.6 Å². The van der Waals surface area contributed by atoms with Gasteiger partial charge < -0.3 is 25.3 Å². The van der Waals surface area contributed by atoms with Gasteiger partial charge in [-0.2, -0.15) is 0 Å². The molecule has 2 rings (SSSR count). The Labute approximate surface area is 157 Å². The number of amides is 1. The first-order valence-electron chi connectivity index (χ1n) is 8.61. The molecule has 1 atom stereocenters. The van der Waals surface area contributed by atoms with Crippen LogP contribution in [0.4, 0.5) is 11.4 Å². The molecule has 0 saturated carbocycles. The number of hydrogen-bond acceptors (Lipinski definition) is 8. The third-order valence-electron chi connectivity index (χ3n) is 4.71. The first-order valence-corrected chi connectivity index (χ1v) is 8.61. The standard InChI is InChI=1S/C17H26N4O6/c1-17(16(22)19-2,20-4-6-26-7-5-20)12-10-14(21(23)24)13(18)11-15(12)27-9-8-25-3/h10-11H,4-9,18H2,1-3H3,(H,19,22). The van der Waals surface area contributed by atoms with Crippen molar-refractivity contribution in [1.82, 2.24) is 10.2 Å². The molecule has 10 heteroatoms. The second-order valence-corrected chi connectivity index (χ2v) is 6.26. The van der Waals surface area contributed by atoms with Crippen molar-refractivity contribution in [3.05, 3.63) is 27.8 Å². The lowest BCUT2D eigenvalue weighted by atomic mass is 9.87. The van der Waals surface area contributed by atoms with Crippen LogP contribution in [0.2, 0.25) is 0 Å². The maximum atomic E-state index is 12.9. The molecule has 0 spiro atoms. The van der Waals surface area contributed by atoms with Gasteiger partial charge in [0.25, 0.3) is 5.69 Å². The zero-order valence-electron chi connectivity index (χ0n) is 15.8. The summed E-state index contributed by atoms with van der Waals surface area (Å²) in [4.78, 5) is 25.7. The van der Waals surface area contributed by atoms with Gasteiger partial charge in [0.15, 0.2) is 0 Å². The lowest BCUT2D eigenvalue weighted by molar-refractivity contribution is -0.384. The predicted octanol–water partition coefficient (Wildman–Crippen LogP) is 0.496. The molecule has 0 aliphatic carbocycles. The Hall–Kier alpha value is -2.43. The highest BCUT2D eigenvalue weighted by atomic mass is 16.6. The number of nitrogens with two attached hydrogens (primary N) is 1. The number of nitrogens with one attached hydrogen (secondary N) is 1. The van der Waals surface area contributed by atoms with Crippen molar-refractivity contribution in [2.45, 2.75) is 12.5 Å². The highest BCUT2D eigenvalue weighted by Gasteiger charge is 2.44. The third-order valence-corrected chi connectivity index (χ3v) is 4.71. The van der Waals surface area contributed by atoms with Crippen molar-refractivity contribution in [3.63, 3.8) is 0 Å². The number of likely N-dealkylation sites (N-methyl/N-ethyl adjacent to an activating group) is 1. The van der Waals surface area contributed by atoms with Crippen LogP contribution in [0.25, 0.3) is 0 Å². The highest BCUT2D eigenvalue weighted by molar-refractivity contribution is 5.88. The van der Waals surface area contributed by atoms with Crippen LogP contribution in [0.3, 0.4) is 0 Å². The monoisotopic (exact) mass is 382 g/mol. The molecule has 1 aromatic carbocycles. The van der Waals surface area contributed by atoms with Gasteiger partial charge in [-0.15, -0.1) is 0 Å². The second-order valence-electron chi connectivity index (χ2n) is 6.26. The summed E-state index contributed by atoms with van der Waals surface area (Å²) in [5, 5.41) is 14.1. The summed E-state index contributed by atoms with van der Waals surface area (Å²) in [5.74, 6) is 0.00722. The zero-order chi connectivity index (χ0) is 20.0. The summed E-state index contributed by atoms with van der Waals surface area (Å²) in [6.07, 6.45) is 0. The summed E-state index contributed by atoms with van der Waals surface area (Å²) in [6, 6.07) is 2.72. The summed E-state index contributed by atoms with van der Waals surface area (Å²) in [6.45, 7) is 4.18. The van der Waals surface area contributed by atoms with Gasteiger partial charge in [-0.1, -0.05) is 0 Å². The molecule has 0 bridgehead atoms. The van der Waals surface area contributed by atoms with Gasteiger partial charge in [0.05, 0.1) is 24.7 Å². The Morgan fingerprint density at radius 1 is 1.41 bits per heavy atom. The van der Waals surface area contributed by atoms with E-state index >= 15 is 0 Å². The molecule has 1 aromatic rings. The van der Waals surface area contributed by atoms with Crippen molar-refractivity contribution >= 4 is 17.3 Å². The molecule has 1 aliphatic heterocycles. The van der Waals surface area contributed by atoms with Gasteiger partial charge in [-0.25, -0.2) is 0 Å². The van der Waals surface area contributed by atoms with Gasteiger partial charge in [-0.05, 0) is 6.92 Å². The topological polar surface area (TPSA) is 129 Å². The van der Waals surface area contributed by atoms with E-state index in [2.05, 4.69) is 5.32 Å². The maximum absolute atomic E-state index is 12.9. The summed E-state index contributed by atoms with van der Waals surface area (Å²) in [7, 11) is 3.06. The van der Waals surface area contributed by atoms with E-state index in [1.807, 2.05) is 4.90 Å². The number of nitrogen functional groups attached to an aromatic ring is 1. The van der Waals surface area contributed by atoms with E-state index in [4.69, 9.17) is 19.9 Å². The zero-order valence-corrected chi connectivity index (χ0v) is 15.8. The fourth-order valence-corrected chi connectivity index (χ4v) is 3.17. The molecule has 1 heterocycles. The van der Waals surface area contributed by atoms with Crippen LogP contribution in [-0.4, -0.2) is 69.4 Å². The second kappa shape index (κ2) is 8.98. The molecule has 3 N–H and O–H groups in total. The number of carbonyl (C=O) groups is 1. The smallest absolute Gasteiger partial charge is 0.292 e. The van der Waals surface area contributed by atoms with Crippen molar-refractivity contribution in [1.29, 1.82) is 0 Å². The number of carbonyl (C=O) groups excluding carboxylic acids is 1. The Bertz CT molecular complexity index is 692. The van der Waals surface area contributed by atoms with E-state index in [0.29, 0.717) is 44.2 Å². The molecular formula is C17H26N4O6. The highest BCUT2D eigenvalue weighted by Crippen LogP contribution is 2.40. The molecule has 10 nitrogen and oxygen atoms in total. The van der Waals surface area contributed by atoms with Gasteiger partial charge in [0, 0.05) is 44.9 Å². The normalized spacial score (nSPS) is 17.1. The fraction of sp³-hybridized carbons (Fsp3) is 0.588. The quantitative estimate of drug-likeness (QED) is 0.288. The largest absolute Gasteiger partial charge is 0.491 e. The van der Waals surface area contributed by atoms with E-state index in [1.165, 1.54) is 26.3 Å². The Balaban J connectivity index is 2.61. The molecular weight excluding hydrogens is 356 g/mol. The molecule has 1 aliphatic rings. The number of benzene rings is 1. The van der Waals surface area contributed by atoms with Crippen LogP contribution in [-0.2, 0) is 19.8 Å². The Kier molecular flexibility index (Phi) is 6.94. The van der Waals surface area contributed by atoms with Crippen molar-refractivity contribution in [2.24, 2.45) is 0 Å². The fourth-order valence-electron chi connectivity index (χ4n) is 3.17. The number of nitro groups is 1. The average Bonchev–Trinajstić information content (AvgIpc) is 2.67. The molecule has 1 saturated heterocycles. The first kappa shape index (κ1) is 20.9. The van der Waals surface area contributed by atoms with Crippen molar-refractivity contribution in [3.8, 4) is 5.75 Å². The first-order chi connectivity index (χ1) is 12.9. The predicted molar refractivity (Wildman–Crippen MR) is 98.7 cm³/mol. The number of methoxy groups -OCH3 is 1. The molecule has 0 aromatic heterocycles. The molecule has 1 amide bonds. The summed E-state index contributed by atoms with van der Waals surface area (Å²) in [5.41, 5.74) is 4.72. The van der Waals surface area contributed by atoms with E-state index in [9.17, 15) is 14.9 Å². The summed E-state index contributed by atoms with van der Waals surface area (Å²) >= 11 is 0. The number of rotatable bonds is 8. The molecule has 1 fully saturated rings. The van der Waals surface area contributed by atoms with Crippen LogP contribution in [0.1, 0.15) is 12.5 Å². The number of anilines is 1. The molecule has 150 valence electrons. The summed E-state index contributed by atoms with van der Waals surface area (Å²) < 4.78 is 16.1. The minimum absolute atomic E-state index is 0.0302. The molecule has 27 heavy (non-hydrogen) atoms. The van der Waals surface area contributed by atoms with Crippen LogP contribution < -0.4 is 15.8 Å². The van der Waals surface area contributed by atoms with Crippen LogP contribution in [0.5, 0.6) is 5.75 Å². The Morgan fingerprint density at radius 3 is 2.63 bits per heavy atom. The van der Waals surface area contributed by atoms with Crippen LogP contribution >= 0.6 is 0 Å². The number of nitrogens with zero attached hydrogens (tertiary/aromatic N) is 2. The number of morpholine rings is 1. The third kappa shape index (κ3) is 4.29. The van der Waals surface area contributed by atoms with E-state index in [0.717, 1.165) is 0 Å². The maximum Gasteiger partial charge on any atom is 0.292 e. The van der Waals surface area contributed by atoms with Crippen molar-refractivity contribution in [2.75, 3.05) is 59.4 Å².